The van der Waals surface area contributed by atoms with E-state index < -0.39 is 0 Å². The monoisotopic (exact) mass is 357 g/mol. The smallest absolute Gasteiger partial charge is 0.244 e. The van der Waals surface area contributed by atoms with Crippen molar-refractivity contribution in [1.82, 2.24) is 5.32 Å². The van der Waals surface area contributed by atoms with Gasteiger partial charge in [-0.05, 0) is 48.0 Å². The molecule has 0 bridgehead atoms. The molecule has 1 N–H and O–H groups in total. The fourth-order valence-corrected chi connectivity index (χ4v) is 2.20. The van der Waals surface area contributed by atoms with E-state index in [9.17, 15) is 4.79 Å². The van der Waals surface area contributed by atoms with Crippen LogP contribution in [0, 0.1) is 0 Å². The highest BCUT2D eigenvalue weighted by molar-refractivity contribution is 5.91. The first-order valence-corrected chi connectivity index (χ1v) is 8.11. The number of carbonyl (C=O) groups excluding carboxylic acids is 1. The highest BCUT2D eigenvalue weighted by Crippen LogP contribution is 2.27. The van der Waals surface area contributed by atoms with Gasteiger partial charge < -0.3 is 24.3 Å². The molecule has 0 aliphatic carbocycles. The van der Waals surface area contributed by atoms with Crippen molar-refractivity contribution in [2.45, 2.75) is 0 Å². The number of amides is 1. The highest BCUT2D eigenvalue weighted by atomic mass is 16.5. The summed E-state index contributed by atoms with van der Waals surface area (Å²) in [5.74, 6) is 2.55. The summed E-state index contributed by atoms with van der Waals surface area (Å²) in [5, 5.41) is 2.77. The van der Waals surface area contributed by atoms with Gasteiger partial charge in [-0.3, -0.25) is 4.79 Å². The minimum absolute atomic E-state index is 0.196. The standard InChI is InChI=1S/C20H23NO5/c1-23-16-6-8-17(9-7-16)26-13-12-21-20(22)11-5-15-4-10-18(24-2)19(14-15)25-3/h4-11,14H,12-13H2,1-3H3,(H,21,22)/b11-5+. The van der Waals surface area contributed by atoms with Crippen molar-refractivity contribution in [3.63, 3.8) is 0 Å². The van der Waals surface area contributed by atoms with Crippen molar-refractivity contribution < 1.29 is 23.7 Å². The van der Waals surface area contributed by atoms with Gasteiger partial charge >= 0.3 is 0 Å². The van der Waals surface area contributed by atoms with Crippen molar-refractivity contribution in [2.24, 2.45) is 0 Å². The summed E-state index contributed by atoms with van der Waals surface area (Å²) in [7, 11) is 4.76. The molecule has 0 radical (unpaired) electrons. The van der Waals surface area contributed by atoms with Crippen molar-refractivity contribution in [1.29, 1.82) is 0 Å². The number of hydrogen-bond donors (Lipinski definition) is 1. The molecule has 6 heteroatoms. The van der Waals surface area contributed by atoms with Gasteiger partial charge in [0.05, 0.1) is 27.9 Å². The van der Waals surface area contributed by atoms with Crippen molar-refractivity contribution in [3.8, 4) is 23.0 Å². The fourth-order valence-electron chi connectivity index (χ4n) is 2.20. The summed E-state index contributed by atoms with van der Waals surface area (Å²) in [6, 6.07) is 12.7. The lowest BCUT2D eigenvalue weighted by Gasteiger charge is -2.08. The van der Waals surface area contributed by atoms with Gasteiger partial charge in [-0.2, -0.15) is 0 Å². The Kier molecular flexibility index (Phi) is 7.36. The summed E-state index contributed by atoms with van der Waals surface area (Å²) in [4.78, 5) is 11.9. The lowest BCUT2D eigenvalue weighted by Crippen LogP contribution is -2.26. The summed E-state index contributed by atoms with van der Waals surface area (Å²) >= 11 is 0. The third kappa shape index (κ3) is 5.73. The summed E-state index contributed by atoms with van der Waals surface area (Å²) in [6.07, 6.45) is 3.18. The third-order valence-electron chi connectivity index (χ3n) is 3.56. The van der Waals surface area contributed by atoms with E-state index in [2.05, 4.69) is 5.32 Å². The van der Waals surface area contributed by atoms with Gasteiger partial charge in [-0.15, -0.1) is 0 Å². The van der Waals surface area contributed by atoms with E-state index in [1.807, 2.05) is 30.3 Å². The van der Waals surface area contributed by atoms with Crippen LogP contribution in [-0.4, -0.2) is 40.4 Å². The molecule has 138 valence electrons. The highest BCUT2D eigenvalue weighted by Gasteiger charge is 2.03. The quantitative estimate of drug-likeness (QED) is 0.552. The van der Waals surface area contributed by atoms with Gasteiger partial charge in [-0.25, -0.2) is 0 Å². The van der Waals surface area contributed by atoms with Gasteiger partial charge in [0.15, 0.2) is 11.5 Å². The Bertz CT molecular complexity index is 740. The predicted molar refractivity (Wildman–Crippen MR) is 100 cm³/mol. The first kappa shape index (κ1) is 19.2. The first-order chi connectivity index (χ1) is 12.7. The van der Waals surface area contributed by atoms with E-state index >= 15 is 0 Å². The Balaban J connectivity index is 1.76. The lowest BCUT2D eigenvalue weighted by molar-refractivity contribution is -0.116. The molecule has 0 unspecified atom stereocenters. The Labute approximate surface area is 153 Å². The van der Waals surface area contributed by atoms with Gasteiger partial charge in [-0.1, -0.05) is 6.07 Å². The van der Waals surface area contributed by atoms with E-state index in [-0.39, 0.29) is 5.91 Å². The van der Waals surface area contributed by atoms with Gasteiger partial charge in [0.1, 0.15) is 18.1 Å². The van der Waals surface area contributed by atoms with Crippen molar-refractivity contribution >= 4 is 12.0 Å². The van der Waals surface area contributed by atoms with Crippen LogP contribution in [0.15, 0.2) is 48.5 Å². The molecule has 0 fully saturated rings. The number of ether oxygens (including phenoxy) is 4. The van der Waals surface area contributed by atoms with Crippen molar-refractivity contribution in [2.75, 3.05) is 34.5 Å². The molecule has 26 heavy (non-hydrogen) atoms. The zero-order valence-corrected chi connectivity index (χ0v) is 15.2. The molecule has 6 nitrogen and oxygen atoms in total. The van der Waals surface area contributed by atoms with Crippen LogP contribution in [0.3, 0.4) is 0 Å². The molecule has 2 aromatic rings. The fraction of sp³-hybridized carbons (Fsp3) is 0.250. The van der Waals surface area contributed by atoms with Crippen molar-refractivity contribution in [3.05, 3.63) is 54.1 Å². The second-order valence-corrected chi connectivity index (χ2v) is 5.26. The molecule has 0 aliphatic heterocycles. The van der Waals surface area contributed by atoms with Crippen LogP contribution in [0.2, 0.25) is 0 Å². The van der Waals surface area contributed by atoms with Gasteiger partial charge in [0, 0.05) is 6.08 Å². The maximum Gasteiger partial charge on any atom is 0.244 e. The average molecular weight is 357 g/mol. The molecule has 2 rings (SSSR count). The first-order valence-electron chi connectivity index (χ1n) is 8.11. The number of rotatable bonds is 9. The number of nitrogens with one attached hydrogen (secondary N) is 1. The van der Waals surface area contributed by atoms with E-state index in [1.54, 1.807) is 39.5 Å². The molecule has 0 heterocycles. The van der Waals surface area contributed by atoms with Crippen LogP contribution >= 0.6 is 0 Å². The maximum atomic E-state index is 11.9. The maximum absolute atomic E-state index is 11.9. The van der Waals surface area contributed by atoms with E-state index in [0.717, 1.165) is 17.1 Å². The second kappa shape index (κ2) is 9.98. The molecule has 0 spiro atoms. The Morgan fingerprint density at radius 3 is 2.27 bits per heavy atom. The van der Waals surface area contributed by atoms with Crippen LogP contribution in [0.25, 0.3) is 6.08 Å². The summed E-state index contributed by atoms with van der Waals surface area (Å²) < 4.78 is 21.1. The molecule has 0 aromatic heterocycles. The van der Waals surface area contributed by atoms with Crippen LogP contribution in [0.4, 0.5) is 0 Å². The molecular weight excluding hydrogens is 334 g/mol. The van der Waals surface area contributed by atoms with Gasteiger partial charge in [0.2, 0.25) is 5.91 Å². The van der Waals surface area contributed by atoms with E-state index in [4.69, 9.17) is 18.9 Å². The van der Waals surface area contributed by atoms with E-state index in [1.165, 1.54) is 6.08 Å². The zero-order chi connectivity index (χ0) is 18.8. The zero-order valence-electron chi connectivity index (χ0n) is 15.2. The van der Waals surface area contributed by atoms with Gasteiger partial charge in [0.25, 0.3) is 0 Å². The SMILES string of the molecule is COc1ccc(OCCNC(=O)/C=C/c2ccc(OC)c(OC)c2)cc1. The predicted octanol–water partition coefficient (Wildman–Crippen LogP) is 2.92. The Morgan fingerprint density at radius 2 is 1.62 bits per heavy atom. The summed E-state index contributed by atoms with van der Waals surface area (Å²) in [5.41, 5.74) is 0.840. The molecule has 0 saturated carbocycles. The summed E-state index contributed by atoms with van der Waals surface area (Å²) in [6.45, 7) is 0.781. The molecule has 0 saturated heterocycles. The largest absolute Gasteiger partial charge is 0.497 e. The third-order valence-corrected chi connectivity index (χ3v) is 3.56. The molecule has 0 aliphatic rings. The molecule has 1 amide bonds. The number of benzene rings is 2. The Morgan fingerprint density at radius 1 is 0.923 bits per heavy atom. The number of methoxy groups -OCH3 is 3. The van der Waals surface area contributed by atoms with Crippen LogP contribution in [0.5, 0.6) is 23.0 Å². The lowest BCUT2D eigenvalue weighted by atomic mass is 10.2. The van der Waals surface area contributed by atoms with Crippen LogP contribution in [-0.2, 0) is 4.79 Å². The second-order valence-electron chi connectivity index (χ2n) is 5.26. The minimum atomic E-state index is -0.196. The number of carbonyl (C=O) groups is 1. The normalized spacial score (nSPS) is 10.4. The van der Waals surface area contributed by atoms with Crippen LogP contribution < -0.4 is 24.3 Å². The average Bonchev–Trinajstić information content (AvgIpc) is 2.69. The Hall–Kier alpha value is -3.15. The molecule has 2 aromatic carbocycles. The number of hydrogen-bond acceptors (Lipinski definition) is 5. The minimum Gasteiger partial charge on any atom is -0.497 e. The van der Waals surface area contributed by atoms with E-state index in [0.29, 0.717) is 24.7 Å². The van der Waals surface area contributed by atoms with Crippen LogP contribution in [0.1, 0.15) is 5.56 Å². The molecular formula is C20H23NO5. The molecule has 0 atom stereocenters. The topological polar surface area (TPSA) is 66.0 Å².